The van der Waals surface area contributed by atoms with Crippen LogP contribution in [0.25, 0.3) is 11.2 Å². The minimum atomic E-state index is -0.861. The van der Waals surface area contributed by atoms with Gasteiger partial charge in [0.25, 0.3) is 0 Å². The molecule has 9 heteroatoms. The molecule has 0 bridgehead atoms. The average Bonchev–Trinajstić information content (AvgIpc) is 3.07. The minimum Gasteiger partial charge on any atom is -0.341 e. The zero-order valence-electron chi connectivity index (χ0n) is 12.8. The zero-order valence-corrected chi connectivity index (χ0v) is 13.5. The van der Waals surface area contributed by atoms with Crippen LogP contribution in [0.4, 0.5) is 0 Å². The second kappa shape index (κ2) is 4.70. The smallest absolute Gasteiger partial charge is 0.169 e. The van der Waals surface area contributed by atoms with Gasteiger partial charge in [0.05, 0.1) is 6.33 Å². The lowest BCUT2D eigenvalue weighted by Crippen LogP contribution is -2.41. The fourth-order valence-corrected chi connectivity index (χ4v) is 3.59. The number of rotatable bonds is 2. The molecule has 4 heterocycles. The Morgan fingerprint density at radius 1 is 1.30 bits per heavy atom. The van der Waals surface area contributed by atoms with Crippen LogP contribution in [0.1, 0.15) is 27.0 Å². The molecule has 0 saturated carbocycles. The van der Waals surface area contributed by atoms with Crippen LogP contribution in [0.2, 0.25) is 5.15 Å². The van der Waals surface area contributed by atoms with Crippen molar-refractivity contribution >= 4 is 29.1 Å². The Morgan fingerprint density at radius 2 is 2.09 bits per heavy atom. The maximum atomic E-state index is 11.4. The number of ether oxygens (including phenoxy) is 3. The molecule has 0 aromatic carbocycles. The second-order valence-electron chi connectivity index (χ2n) is 6.30. The molecule has 8 nitrogen and oxygen atoms in total. The van der Waals surface area contributed by atoms with Gasteiger partial charge in [-0.25, -0.2) is 15.0 Å². The highest BCUT2D eigenvalue weighted by atomic mass is 35.5. The minimum absolute atomic E-state index is 0.254. The Kier molecular flexibility index (Phi) is 3.05. The summed E-state index contributed by atoms with van der Waals surface area (Å²) in [5, 5.41) is 0.254. The third-order valence-corrected chi connectivity index (χ3v) is 4.49. The van der Waals surface area contributed by atoms with Crippen LogP contribution >= 0.6 is 11.6 Å². The lowest BCUT2D eigenvalue weighted by atomic mass is 9.97. The fourth-order valence-electron chi connectivity index (χ4n) is 3.41. The van der Waals surface area contributed by atoms with Crippen LogP contribution in [-0.2, 0) is 19.0 Å². The number of imidazole rings is 1. The normalized spacial score (nSPS) is 35.6. The first-order valence-electron chi connectivity index (χ1n) is 7.17. The quantitative estimate of drug-likeness (QED) is 0.605. The lowest BCUT2D eigenvalue weighted by molar-refractivity contribution is -0.212. The summed E-state index contributed by atoms with van der Waals surface area (Å²) in [5.41, 5.74) is 0.112. The number of aldehydes is 1. The number of hydrogen-bond donors (Lipinski definition) is 0. The molecular formula is C14H15ClN4O4. The van der Waals surface area contributed by atoms with Crippen LogP contribution < -0.4 is 0 Å². The molecule has 2 aliphatic rings. The van der Waals surface area contributed by atoms with Gasteiger partial charge in [-0.1, -0.05) is 11.6 Å². The number of fused-ring (bicyclic) bond motifs is 2. The summed E-state index contributed by atoms with van der Waals surface area (Å²) in [6.07, 6.45) is 1.76. The maximum absolute atomic E-state index is 11.4. The van der Waals surface area contributed by atoms with Crippen molar-refractivity contribution in [3.05, 3.63) is 17.8 Å². The molecule has 2 aromatic heterocycles. The van der Waals surface area contributed by atoms with Crippen molar-refractivity contribution in [3.63, 3.8) is 0 Å². The van der Waals surface area contributed by atoms with Crippen molar-refractivity contribution < 1.29 is 19.0 Å². The van der Waals surface area contributed by atoms with Gasteiger partial charge in [0.15, 0.2) is 29.1 Å². The maximum Gasteiger partial charge on any atom is 0.169 e. The van der Waals surface area contributed by atoms with E-state index in [4.69, 9.17) is 25.8 Å². The lowest BCUT2D eigenvalue weighted by Gasteiger charge is -2.30. The second-order valence-corrected chi connectivity index (χ2v) is 6.66. The molecule has 0 amide bonds. The molecule has 0 radical (unpaired) electrons. The first-order valence-corrected chi connectivity index (χ1v) is 7.55. The van der Waals surface area contributed by atoms with Gasteiger partial charge in [-0.2, -0.15) is 0 Å². The molecule has 0 spiro atoms. The van der Waals surface area contributed by atoms with E-state index in [1.807, 2.05) is 6.92 Å². The molecular weight excluding hydrogens is 324 g/mol. The zero-order chi connectivity index (χ0) is 16.4. The van der Waals surface area contributed by atoms with Crippen molar-refractivity contribution in [1.82, 2.24) is 19.5 Å². The summed E-state index contributed by atoms with van der Waals surface area (Å²) in [6, 6.07) is 0. The van der Waals surface area contributed by atoms with Crippen molar-refractivity contribution in [3.8, 4) is 0 Å². The number of carbonyl (C=O) groups excluding carboxylic acids is 1. The van der Waals surface area contributed by atoms with Gasteiger partial charge in [0, 0.05) is 0 Å². The van der Waals surface area contributed by atoms with Crippen LogP contribution in [0.15, 0.2) is 12.7 Å². The average molecular weight is 339 g/mol. The molecule has 0 unspecified atom stereocenters. The van der Waals surface area contributed by atoms with E-state index in [2.05, 4.69) is 15.0 Å². The molecule has 0 aliphatic carbocycles. The van der Waals surface area contributed by atoms with Crippen LogP contribution in [-0.4, -0.2) is 49.4 Å². The first kappa shape index (κ1) is 14.9. The summed E-state index contributed by atoms with van der Waals surface area (Å²) in [6.45, 7) is 5.47. The monoisotopic (exact) mass is 338 g/mol. The summed E-state index contributed by atoms with van der Waals surface area (Å²) >= 11 is 6.04. The van der Waals surface area contributed by atoms with Crippen molar-refractivity contribution in [2.24, 2.45) is 0 Å². The summed E-state index contributed by atoms with van der Waals surface area (Å²) in [7, 11) is 0. The molecule has 23 heavy (non-hydrogen) atoms. The standard InChI is InChI=1S/C14H15ClN4O4/c1-13(2)22-9-7(4-20)21-12(14(9,3)23-13)19-6-18-8-10(15)16-5-17-11(8)19/h4-7,9,12H,1-3H3/t7-,9-,12-,14-/m1/s1. The van der Waals surface area contributed by atoms with E-state index in [-0.39, 0.29) is 5.15 Å². The summed E-state index contributed by atoms with van der Waals surface area (Å²) in [5.74, 6) is -0.814. The van der Waals surface area contributed by atoms with Crippen LogP contribution in [0.5, 0.6) is 0 Å². The Hall–Kier alpha value is -1.61. The van der Waals surface area contributed by atoms with Gasteiger partial charge in [-0.15, -0.1) is 0 Å². The number of nitrogens with zero attached hydrogens (tertiary/aromatic N) is 4. The van der Waals surface area contributed by atoms with Crippen LogP contribution in [0.3, 0.4) is 0 Å². The van der Waals surface area contributed by atoms with Crippen molar-refractivity contribution in [2.75, 3.05) is 0 Å². The van der Waals surface area contributed by atoms with Crippen molar-refractivity contribution in [1.29, 1.82) is 0 Å². The van der Waals surface area contributed by atoms with Crippen molar-refractivity contribution in [2.45, 2.75) is 50.6 Å². The molecule has 0 N–H and O–H groups in total. The van der Waals surface area contributed by atoms with Gasteiger partial charge >= 0.3 is 0 Å². The molecule has 4 rings (SSSR count). The molecule has 2 fully saturated rings. The van der Waals surface area contributed by atoms with E-state index in [0.29, 0.717) is 11.2 Å². The van der Waals surface area contributed by atoms with E-state index < -0.39 is 29.8 Å². The molecule has 122 valence electrons. The van der Waals surface area contributed by atoms with E-state index in [9.17, 15) is 4.79 Å². The predicted molar refractivity (Wildman–Crippen MR) is 78.7 cm³/mol. The molecule has 2 aliphatic heterocycles. The third-order valence-electron chi connectivity index (χ3n) is 4.22. The highest BCUT2D eigenvalue weighted by Crippen LogP contribution is 2.50. The predicted octanol–water partition coefficient (Wildman–Crippen LogP) is 1.49. The van der Waals surface area contributed by atoms with E-state index >= 15 is 0 Å². The fraction of sp³-hybridized carbons (Fsp3) is 0.571. The molecule has 2 aromatic rings. The Morgan fingerprint density at radius 3 is 2.83 bits per heavy atom. The Balaban J connectivity index is 1.84. The van der Waals surface area contributed by atoms with E-state index in [1.54, 1.807) is 24.7 Å². The highest BCUT2D eigenvalue weighted by molar-refractivity contribution is 6.33. The van der Waals surface area contributed by atoms with Gasteiger partial charge in [0.1, 0.15) is 29.7 Å². The third kappa shape index (κ3) is 2.02. The summed E-state index contributed by atoms with van der Waals surface area (Å²) < 4.78 is 19.5. The highest BCUT2D eigenvalue weighted by Gasteiger charge is 2.64. The first-order chi connectivity index (χ1) is 10.9. The molecule has 4 atom stereocenters. The van der Waals surface area contributed by atoms with Gasteiger partial charge in [-0.05, 0) is 20.8 Å². The van der Waals surface area contributed by atoms with Gasteiger partial charge in [-0.3, -0.25) is 4.57 Å². The Bertz CT molecular complexity index is 794. The van der Waals surface area contributed by atoms with Gasteiger partial charge in [0.2, 0.25) is 0 Å². The van der Waals surface area contributed by atoms with Gasteiger partial charge < -0.3 is 19.0 Å². The number of halogens is 1. The number of carbonyl (C=O) groups is 1. The molecule has 2 saturated heterocycles. The SMILES string of the molecule is CC1(C)O[C@@H]2[C@@H](C=O)O[C@@H](n3cnc4c(Cl)ncnc43)[C@]2(C)O1. The Labute approximate surface area is 136 Å². The van der Waals surface area contributed by atoms with E-state index in [0.717, 1.165) is 6.29 Å². The number of aromatic nitrogens is 4. The van der Waals surface area contributed by atoms with Crippen LogP contribution in [0, 0.1) is 0 Å². The topological polar surface area (TPSA) is 88.4 Å². The summed E-state index contributed by atoms with van der Waals surface area (Å²) in [4.78, 5) is 23.8. The van der Waals surface area contributed by atoms with E-state index in [1.165, 1.54) is 6.33 Å². The largest absolute Gasteiger partial charge is 0.341 e. The number of hydrogen-bond acceptors (Lipinski definition) is 7.